The molecule has 122 valence electrons. The Kier molecular flexibility index (Phi) is 5.29. The molecule has 0 aliphatic rings. The topological polar surface area (TPSA) is 59.1 Å². The molecule has 1 N–H and O–H groups in total. The Morgan fingerprint density at radius 2 is 1.76 bits per heavy atom. The van der Waals surface area contributed by atoms with Crippen molar-refractivity contribution in [1.82, 2.24) is 10.3 Å². The average molecular weight is 333 g/mol. The van der Waals surface area contributed by atoms with E-state index < -0.39 is 14.6 Å². The molecule has 0 aliphatic heterocycles. The molecule has 0 saturated carbocycles. The van der Waals surface area contributed by atoms with E-state index in [2.05, 4.69) is 38.0 Å². The lowest BCUT2D eigenvalue weighted by molar-refractivity contribution is 0.491. The Bertz CT molecular complexity index is 596. The SMILES string of the molecule is Cc1nc(C(C)(C)C)sc1C(C)NCC(C)(C)S(C)(=O)=O. The summed E-state index contributed by atoms with van der Waals surface area (Å²) in [6, 6.07) is 0.0969. The summed E-state index contributed by atoms with van der Waals surface area (Å²) in [5, 5.41) is 4.46. The first-order valence-corrected chi connectivity index (χ1v) is 9.87. The number of hydrogen-bond donors (Lipinski definition) is 1. The molecule has 1 unspecified atom stereocenters. The number of sulfone groups is 1. The van der Waals surface area contributed by atoms with Gasteiger partial charge in [-0.25, -0.2) is 13.4 Å². The van der Waals surface area contributed by atoms with Crippen LogP contribution in [0.15, 0.2) is 0 Å². The van der Waals surface area contributed by atoms with Gasteiger partial charge in [-0.15, -0.1) is 11.3 Å². The molecule has 0 radical (unpaired) electrons. The van der Waals surface area contributed by atoms with E-state index in [-0.39, 0.29) is 11.5 Å². The molecule has 21 heavy (non-hydrogen) atoms. The minimum atomic E-state index is -3.08. The predicted octanol–water partition coefficient (Wildman–Crippen LogP) is 3.22. The second-order valence-electron chi connectivity index (χ2n) is 7.35. The molecular weight excluding hydrogens is 304 g/mol. The van der Waals surface area contributed by atoms with Crippen LogP contribution in [-0.4, -0.2) is 30.9 Å². The fourth-order valence-corrected chi connectivity index (χ4v) is 3.25. The molecule has 0 saturated heterocycles. The van der Waals surface area contributed by atoms with Crippen LogP contribution in [-0.2, 0) is 15.3 Å². The van der Waals surface area contributed by atoms with E-state index in [0.717, 1.165) is 10.7 Å². The first-order valence-electron chi connectivity index (χ1n) is 7.16. The Morgan fingerprint density at radius 1 is 1.24 bits per heavy atom. The van der Waals surface area contributed by atoms with Gasteiger partial charge < -0.3 is 5.32 Å². The minimum absolute atomic E-state index is 0.0411. The molecule has 1 rings (SSSR count). The molecule has 0 bridgehead atoms. The predicted molar refractivity (Wildman–Crippen MR) is 90.9 cm³/mol. The maximum absolute atomic E-state index is 11.8. The zero-order chi connectivity index (χ0) is 16.6. The molecule has 4 nitrogen and oxygen atoms in total. The summed E-state index contributed by atoms with van der Waals surface area (Å²) in [5.41, 5.74) is 1.07. The summed E-state index contributed by atoms with van der Waals surface area (Å²) in [6.45, 7) is 14.5. The Morgan fingerprint density at radius 3 is 2.14 bits per heavy atom. The lowest BCUT2D eigenvalue weighted by atomic mass is 9.98. The number of rotatable bonds is 5. The number of nitrogens with zero attached hydrogens (tertiary/aromatic N) is 1. The quantitative estimate of drug-likeness (QED) is 0.899. The fourth-order valence-electron chi connectivity index (χ4n) is 1.75. The molecule has 0 aromatic carbocycles. The van der Waals surface area contributed by atoms with E-state index >= 15 is 0 Å². The number of nitrogens with one attached hydrogen (secondary N) is 1. The molecule has 1 atom stereocenters. The Hall–Kier alpha value is -0.460. The highest BCUT2D eigenvalue weighted by Crippen LogP contribution is 2.32. The van der Waals surface area contributed by atoms with Gasteiger partial charge in [-0.05, 0) is 27.7 Å². The van der Waals surface area contributed by atoms with Crippen LogP contribution >= 0.6 is 11.3 Å². The maximum atomic E-state index is 11.8. The third-order valence-corrected chi connectivity index (χ3v) is 7.62. The molecule has 0 amide bonds. The zero-order valence-electron chi connectivity index (χ0n) is 14.4. The minimum Gasteiger partial charge on any atom is -0.308 e. The first-order chi connectivity index (χ1) is 9.25. The standard InChI is InChI=1S/C15H28N2O2S2/c1-10(16-9-15(6,7)21(8,18)19)12-11(2)17-13(20-12)14(3,4)5/h10,16H,9H2,1-8H3. The second-order valence-corrected chi connectivity index (χ2v) is 11.0. The normalized spacial score (nSPS) is 15.2. The van der Waals surface area contributed by atoms with E-state index in [0.29, 0.717) is 6.54 Å². The molecular formula is C15H28N2O2S2. The van der Waals surface area contributed by atoms with E-state index in [1.165, 1.54) is 11.1 Å². The van der Waals surface area contributed by atoms with Gasteiger partial charge >= 0.3 is 0 Å². The van der Waals surface area contributed by atoms with Crippen LogP contribution in [0.1, 0.15) is 63.2 Å². The van der Waals surface area contributed by atoms with Crippen LogP contribution in [0.25, 0.3) is 0 Å². The Balaban J connectivity index is 2.87. The van der Waals surface area contributed by atoms with Crippen molar-refractivity contribution >= 4 is 21.2 Å². The van der Waals surface area contributed by atoms with Gasteiger partial charge in [0.15, 0.2) is 9.84 Å². The fraction of sp³-hybridized carbons (Fsp3) is 0.800. The van der Waals surface area contributed by atoms with Crippen LogP contribution in [0.2, 0.25) is 0 Å². The number of thiazole rings is 1. The second kappa shape index (κ2) is 5.97. The van der Waals surface area contributed by atoms with Crippen molar-refractivity contribution in [3.8, 4) is 0 Å². The van der Waals surface area contributed by atoms with Crippen LogP contribution in [0.5, 0.6) is 0 Å². The third kappa shape index (κ3) is 4.50. The monoisotopic (exact) mass is 332 g/mol. The molecule has 1 aromatic rings. The highest BCUT2D eigenvalue weighted by atomic mass is 32.2. The van der Waals surface area contributed by atoms with Crippen LogP contribution in [0, 0.1) is 6.92 Å². The largest absolute Gasteiger partial charge is 0.308 e. The number of aryl methyl sites for hydroxylation is 1. The summed E-state index contributed by atoms with van der Waals surface area (Å²) in [6.07, 6.45) is 1.29. The van der Waals surface area contributed by atoms with E-state index in [4.69, 9.17) is 0 Å². The number of aromatic nitrogens is 1. The van der Waals surface area contributed by atoms with Crippen molar-refractivity contribution in [1.29, 1.82) is 0 Å². The van der Waals surface area contributed by atoms with Crippen molar-refractivity contribution in [2.75, 3.05) is 12.8 Å². The summed E-state index contributed by atoms with van der Waals surface area (Å²) in [4.78, 5) is 5.84. The molecule has 1 aromatic heterocycles. The van der Waals surface area contributed by atoms with E-state index in [1.54, 1.807) is 25.2 Å². The van der Waals surface area contributed by atoms with Gasteiger partial charge in [0.2, 0.25) is 0 Å². The molecule has 0 spiro atoms. The molecule has 6 heteroatoms. The summed E-state index contributed by atoms with van der Waals surface area (Å²) < 4.78 is 22.7. The van der Waals surface area contributed by atoms with Gasteiger partial charge in [-0.3, -0.25) is 0 Å². The van der Waals surface area contributed by atoms with Crippen molar-refractivity contribution in [2.24, 2.45) is 0 Å². The van der Waals surface area contributed by atoms with Crippen molar-refractivity contribution in [3.05, 3.63) is 15.6 Å². The third-order valence-electron chi connectivity index (χ3n) is 3.71. The van der Waals surface area contributed by atoms with Gasteiger partial charge in [-0.1, -0.05) is 20.8 Å². The summed E-state index contributed by atoms with van der Waals surface area (Å²) >= 11 is 1.71. The smallest absolute Gasteiger partial charge is 0.153 e. The van der Waals surface area contributed by atoms with Crippen molar-refractivity contribution in [3.63, 3.8) is 0 Å². The van der Waals surface area contributed by atoms with Gasteiger partial charge in [0.25, 0.3) is 0 Å². The average Bonchev–Trinajstić information content (AvgIpc) is 2.66. The zero-order valence-corrected chi connectivity index (χ0v) is 16.0. The molecule has 0 aliphatic carbocycles. The van der Waals surface area contributed by atoms with E-state index in [1.807, 2.05) is 6.92 Å². The summed E-state index contributed by atoms with van der Waals surface area (Å²) in [5.74, 6) is 0. The molecule has 0 fully saturated rings. The highest BCUT2D eigenvalue weighted by Gasteiger charge is 2.31. The van der Waals surface area contributed by atoms with Crippen LogP contribution in [0.3, 0.4) is 0 Å². The molecule has 1 heterocycles. The first kappa shape index (κ1) is 18.6. The van der Waals surface area contributed by atoms with Gasteiger partial charge in [0, 0.05) is 29.1 Å². The lowest BCUT2D eigenvalue weighted by Gasteiger charge is -2.25. The van der Waals surface area contributed by atoms with Crippen molar-refractivity contribution in [2.45, 2.75) is 64.7 Å². The lowest BCUT2D eigenvalue weighted by Crippen LogP contribution is -2.42. The van der Waals surface area contributed by atoms with Gasteiger partial charge in [-0.2, -0.15) is 0 Å². The maximum Gasteiger partial charge on any atom is 0.153 e. The van der Waals surface area contributed by atoms with Gasteiger partial charge in [0.05, 0.1) is 15.4 Å². The Labute approximate surface area is 133 Å². The summed E-state index contributed by atoms with van der Waals surface area (Å²) in [7, 11) is -3.08. The van der Waals surface area contributed by atoms with Gasteiger partial charge in [0.1, 0.15) is 0 Å². The van der Waals surface area contributed by atoms with Crippen molar-refractivity contribution < 1.29 is 8.42 Å². The highest BCUT2D eigenvalue weighted by molar-refractivity contribution is 7.92. The van der Waals surface area contributed by atoms with E-state index in [9.17, 15) is 8.42 Å². The number of hydrogen-bond acceptors (Lipinski definition) is 5. The van der Waals surface area contributed by atoms with Crippen LogP contribution < -0.4 is 5.32 Å². The van der Waals surface area contributed by atoms with Crippen LogP contribution in [0.4, 0.5) is 0 Å².